The number of fused-ring (bicyclic) bond motifs is 1. The number of aryl methyl sites for hydroxylation is 1. The van der Waals surface area contributed by atoms with Crippen molar-refractivity contribution in [1.82, 2.24) is 9.97 Å². The number of nitrogens with one attached hydrogen (secondary N) is 1. The lowest BCUT2D eigenvalue weighted by molar-refractivity contribution is -0.274. The molecule has 0 radical (unpaired) electrons. The molecule has 8 heteroatoms. The molecule has 0 bridgehead atoms. The highest BCUT2D eigenvalue weighted by Gasteiger charge is 2.31. The van der Waals surface area contributed by atoms with Crippen molar-refractivity contribution < 1.29 is 17.9 Å². The van der Waals surface area contributed by atoms with E-state index in [2.05, 4.69) is 20.0 Å². The summed E-state index contributed by atoms with van der Waals surface area (Å²) in [6.45, 7) is 0. The van der Waals surface area contributed by atoms with Crippen molar-refractivity contribution in [2.24, 2.45) is 0 Å². The molecule has 0 aliphatic heterocycles. The number of hydrogen-bond donors (Lipinski definition) is 1. The van der Waals surface area contributed by atoms with Gasteiger partial charge in [0.2, 0.25) is 5.28 Å². The van der Waals surface area contributed by atoms with Gasteiger partial charge >= 0.3 is 6.36 Å². The topological polar surface area (TPSA) is 47.0 Å². The van der Waals surface area contributed by atoms with Gasteiger partial charge in [-0.05, 0) is 61.5 Å². The van der Waals surface area contributed by atoms with Gasteiger partial charge in [-0.25, -0.2) is 9.97 Å². The molecule has 4 nitrogen and oxygen atoms in total. The summed E-state index contributed by atoms with van der Waals surface area (Å²) in [5.74, 6) is 0.329. The molecule has 1 heterocycles. The summed E-state index contributed by atoms with van der Waals surface area (Å²) in [6.07, 6.45) is -0.892. The summed E-state index contributed by atoms with van der Waals surface area (Å²) < 4.78 is 40.3. The third-order valence-electron chi connectivity index (χ3n) is 3.51. The number of rotatable bonds is 3. The molecule has 23 heavy (non-hydrogen) atoms. The maximum atomic E-state index is 12.2. The van der Waals surface area contributed by atoms with Crippen LogP contribution >= 0.6 is 11.6 Å². The van der Waals surface area contributed by atoms with Gasteiger partial charge in [0.1, 0.15) is 11.6 Å². The highest BCUT2D eigenvalue weighted by Crippen LogP contribution is 2.30. The Morgan fingerprint density at radius 1 is 1.04 bits per heavy atom. The van der Waals surface area contributed by atoms with Gasteiger partial charge in [0.05, 0.1) is 5.69 Å². The second kappa shape index (κ2) is 6.23. The normalized spacial score (nSPS) is 14.3. The standard InChI is InChI=1S/C15H13ClF3N3O/c16-14-21-12-4-2-1-3-11(12)13(22-14)20-9-5-7-10(8-6-9)23-15(17,18)19/h5-8H,1-4H2,(H,20,21,22). The molecule has 0 saturated heterocycles. The zero-order valence-corrected chi connectivity index (χ0v) is 12.7. The molecule has 3 rings (SSSR count). The van der Waals surface area contributed by atoms with Crippen LogP contribution in [0.15, 0.2) is 24.3 Å². The van der Waals surface area contributed by atoms with E-state index in [1.165, 1.54) is 24.3 Å². The maximum absolute atomic E-state index is 12.2. The summed E-state index contributed by atoms with van der Waals surface area (Å²) in [5, 5.41) is 3.25. The third-order valence-corrected chi connectivity index (χ3v) is 3.68. The van der Waals surface area contributed by atoms with Crippen LogP contribution in [0.1, 0.15) is 24.1 Å². The van der Waals surface area contributed by atoms with E-state index in [1.807, 2.05) is 0 Å². The smallest absolute Gasteiger partial charge is 0.406 e. The molecule has 0 atom stereocenters. The van der Waals surface area contributed by atoms with Crippen molar-refractivity contribution in [3.8, 4) is 5.75 Å². The van der Waals surface area contributed by atoms with Gasteiger partial charge in [-0.2, -0.15) is 0 Å². The van der Waals surface area contributed by atoms with Gasteiger partial charge in [0, 0.05) is 11.3 Å². The first-order valence-electron chi connectivity index (χ1n) is 7.09. The van der Waals surface area contributed by atoms with Crippen LogP contribution in [-0.2, 0) is 12.8 Å². The molecule has 1 aliphatic rings. The van der Waals surface area contributed by atoms with Crippen molar-refractivity contribution >= 4 is 23.1 Å². The highest BCUT2D eigenvalue weighted by molar-refractivity contribution is 6.28. The van der Waals surface area contributed by atoms with Gasteiger partial charge in [0.15, 0.2) is 0 Å². The predicted molar refractivity (Wildman–Crippen MR) is 80.1 cm³/mol. The first-order chi connectivity index (χ1) is 10.9. The molecule has 0 amide bonds. The zero-order valence-electron chi connectivity index (χ0n) is 12.0. The van der Waals surface area contributed by atoms with Crippen LogP contribution in [0, 0.1) is 0 Å². The number of hydrogen-bond acceptors (Lipinski definition) is 4. The predicted octanol–water partition coefficient (Wildman–Crippen LogP) is 4.65. The number of benzene rings is 1. The summed E-state index contributed by atoms with van der Waals surface area (Å²) in [5.41, 5.74) is 2.54. The number of anilines is 2. The fourth-order valence-corrected chi connectivity index (χ4v) is 2.73. The largest absolute Gasteiger partial charge is 0.573 e. The van der Waals surface area contributed by atoms with Gasteiger partial charge in [-0.15, -0.1) is 13.2 Å². The molecule has 0 spiro atoms. The summed E-state index contributed by atoms with van der Waals surface area (Å²) in [6, 6.07) is 5.47. The van der Waals surface area contributed by atoms with Crippen molar-refractivity contribution in [2.45, 2.75) is 32.0 Å². The van der Waals surface area contributed by atoms with Crippen molar-refractivity contribution in [1.29, 1.82) is 0 Å². The summed E-state index contributed by atoms with van der Waals surface area (Å²) in [4.78, 5) is 8.44. The molecular formula is C15H13ClF3N3O. The Morgan fingerprint density at radius 2 is 1.74 bits per heavy atom. The van der Waals surface area contributed by atoms with Crippen LogP contribution < -0.4 is 10.1 Å². The lowest BCUT2D eigenvalue weighted by Crippen LogP contribution is -2.17. The average Bonchev–Trinajstić information content (AvgIpc) is 2.47. The summed E-state index contributed by atoms with van der Waals surface area (Å²) in [7, 11) is 0. The Balaban J connectivity index is 1.81. The fourth-order valence-electron chi connectivity index (χ4n) is 2.54. The maximum Gasteiger partial charge on any atom is 0.573 e. The Bertz CT molecular complexity index is 704. The molecule has 0 saturated carbocycles. The van der Waals surface area contributed by atoms with Crippen molar-refractivity contribution in [2.75, 3.05) is 5.32 Å². The van der Waals surface area contributed by atoms with Crippen LogP contribution in [0.3, 0.4) is 0 Å². The SMILES string of the molecule is FC(F)(F)Oc1ccc(Nc2nc(Cl)nc3c2CCCC3)cc1. The Kier molecular flexibility index (Phi) is 4.30. The first-order valence-corrected chi connectivity index (χ1v) is 7.47. The number of halogens is 4. The lowest BCUT2D eigenvalue weighted by atomic mass is 9.96. The molecule has 0 fully saturated rings. The molecule has 122 valence electrons. The van der Waals surface area contributed by atoms with Crippen LogP contribution in [-0.4, -0.2) is 16.3 Å². The number of ether oxygens (including phenoxy) is 1. The van der Waals surface area contributed by atoms with Crippen LogP contribution in [0.25, 0.3) is 0 Å². The van der Waals surface area contributed by atoms with Crippen LogP contribution in [0.5, 0.6) is 5.75 Å². The Labute approximate surface area is 135 Å². The van der Waals surface area contributed by atoms with Crippen molar-refractivity contribution in [3.63, 3.8) is 0 Å². The minimum absolute atomic E-state index is 0.158. The van der Waals surface area contributed by atoms with Gasteiger partial charge in [-0.3, -0.25) is 0 Å². The number of alkyl halides is 3. The van der Waals surface area contributed by atoms with Crippen LogP contribution in [0.4, 0.5) is 24.7 Å². The van der Waals surface area contributed by atoms with E-state index in [0.29, 0.717) is 11.5 Å². The van der Waals surface area contributed by atoms with Gasteiger partial charge in [0.25, 0.3) is 0 Å². The highest BCUT2D eigenvalue weighted by atomic mass is 35.5. The minimum atomic E-state index is -4.70. The van der Waals surface area contributed by atoms with E-state index in [4.69, 9.17) is 11.6 Å². The fraction of sp³-hybridized carbons (Fsp3) is 0.333. The minimum Gasteiger partial charge on any atom is -0.406 e. The molecule has 1 aromatic carbocycles. The van der Waals surface area contributed by atoms with E-state index >= 15 is 0 Å². The molecule has 1 aliphatic carbocycles. The first kappa shape index (κ1) is 15.9. The number of aromatic nitrogens is 2. The van der Waals surface area contributed by atoms with E-state index in [1.54, 1.807) is 0 Å². The number of nitrogens with zero attached hydrogens (tertiary/aromatic N) is 2. The molecule has 0 unspecified atom stereocenters. The molecule has 1 aromatic heterocycles. The molecule has 1 N–H and O–H groups in total. The summed E-state index contributed by atoms with van der Waals surface area (Å²) >= 11 is 5.94. The average molecular weight is 344 g/mol. The zero-order chi connectivity index (χ0) is 16.4. The third kappa shape index (κ3) is 4.04. The quantitative estimate of drug-likeness (QED) is 0.824. The van der Waals surface area contributed by atoms with E-state index < -0.39 is 6.36 Å². The van der Waals surface area contributed by atoms with E-state index in [-0.39, 0.29) is 11.0 Å². The van der Waals surface area contributed by atoms with Gasteiger partial charge in [-0.1, -0.05) is 0 Å². The monoisotopic (exact) mass is 343 g/mol. The molecule has 2 aromatic rings. The van der Waals surface area contributed by atoms with Crippen molar-refractivity contribution in [3.05, 3.63) is 40.8 Å². The lowest BCUT2D eigenvalue weighted by Gasteiger charge is -2.19. The molecular weight excluding hydrogens is 331 g/mol. The van der Waals surface area contributed by atoms with Crippen LogP contribution in [0.2, 0.25) is 5.28 Å². The van der Waals surface area contributed by atoms with E-state index in [0.717, 1.165) is 36.9 Å². The Hall–Kier alpha value is -2.02. The second-order valence-corrected chi connectivity index (χ2v) is 5.51. The Morgan fingerprint density at radius 3 is 2.43 bits per heavy atom. The second-order valence-electron chi connectivity index (χ2n) is 5.17. The van der Waals surface area contributed by atoms with E-state index in [9.17, 15) is 13.2 Å². The van der Waals surface area contributed by atoms with Gasteiger partial charge < -0.3 is 10.1 Å².